The van der Waals surface area contributed by atoms with Gasteiger partial charge in [-0.3, -0.25) is 0 Å². The molecule has 2 aliphatic heterocycles. The van der Waals surface area contributed by atoms with Crippen LogP contribution in [-0.2, 0) is 9.47 Å². The van der Waals surface area contributed by atoms with Crippen LogP contribution in [0.5, 0.6) is 0 Å². The lowest BCUT2D eigenvalue weighted by atomic mass is 10.1. The number of rotatable bonds is 3. The molecule has 3 unspecified atom stereocenters. The van der Waals surface area contributed by atoms with Crippen LogP contribution in [-0.4, -0.2) is 44.0 Å². The molecule has 2 amide bonds. The second kappa shape index (κ2) is 4.82. The molecule has 1 saturated carbocycles. The van der Waals surface area contributed by atoms with E-state index < -0.39 is 0 Å². The first-order chi connectivity index (χ1) is 8.33. The highest BCUT2D eigenvalue weighted by atomic mass is 16.5. The number of hydrogen-bond acceptors (Lipinski definition) is 3. The van der Waals surface area contributed by atoms with Gasteiger partial charge in [0.1, 0.15) is 0 Å². The Bertz CT molecular complexity index is 287. The Morgan fingerprint density at radius 3 is 2.65 bits per heavy atom. The van der Waals surface area contributed by atoms with Gasteiger partial charge < -0.3 is 20.1 Å². The summed E-state index contributed by atoms with van der Waals surface area (Å²) >= 11 is 0. The molecular formula is C12H20N2O3. The fraction of sp³-hybridized carbons (Fsp3) is 0.917. The highest BCUT2D eigenvalue weighted by Gasteiger charge is 2.41. The molecule has 3 atom stereocenters. The minimum Gasteiger partial charge on any atom is -0.379 e. The summed E-state index contributed by atoms with van der Waals surface area (Å²) < 4.78 is 10.9. The average molecular weight is 240 g/mol. The summed E-state index contributed by atoms with van der Waals surface area (Å²) in [5.74, 6) is 0.678. The molecule has 0 aromatic rings. The van der Waals surface area contributed by atoms with Crippen LogP contribution in [0.25, 0.3) is 0 Å². The normalized spacial score (nSPS) is 37.1. The Hall–Kier alpha value is -0.810. The van der Waals surface area contributed by atoms with Crippen molar-refractivity contribution in [2.75, 3.05) is 19.8 Å². The van der Waals surface area contributed by atoms with Gasteiger partial charge in [-0.05, 0) is 31.6 Å². The summed E-state index contributed by atoms with van der Waals surface area (Å²) in [6, 6.07) is 0.308. The number of amides is 2. The SMILES string of the molecule is O=C(NC1CCOC1)NC1CCOC1C1CC1. The fourth-order valence-corrected chi connectivity index (χ4v) is 2.70. The Morgan fingerprint density at radius 2 is 1.94 bits per heavy atom. The molecule has 0 bridgehead atoms. The molecule has 1 aliphatic carbocycles. The van der Waals surface area contributed by atoms with Crippen LogP contribution in [0.3, 0.4) is 0 Å². The zero-order valence-electron chi connectivity index (χ0n) is 9.98. The summed E-state index contributed by atoms with van der Waals surface area (Å²) in [5, 5.41) is 6.00. The average Bonchev–Trinajstić information content (AvgIpc) is 2.84. The quantitative estimate of drug-likeness (QED) is 0.761. The summed E-state index contributed by atoms with van der Waals surface area (Å²) in [4.78, 5) is 11.8. The van der Waals surface area contributed by atoms with Crippen LogP contribution in [0.1, 0.15) is 25.7 Å². The molecule has 3 aliphatic rings. The topological polar surface area (TPSA) is 59.6 Å². The molecule has 0 radical (unpaired) electrons. The van der Waals surface area contributed by atoms with Crippen molar-refractivity contribution < 1.29 is 14.3 Å². The number of urea groups is 1. The first-order valence-electron chi connectivity index (χ1n) is 6.59. The predicted octanol–water partition coefficient (Wildman–Crippen LogP) is 0.642. The smallest absolute Gasteiger partial charge is 0.315 e. The van der Waals surface area contributed by atoms with Gasteiger partial charge in [-0.2, -0.15) is 0 Å². The van der Waals surface area contributed by atoms with Crippen molar-refractivity contribution in [1.29, 1.82) is 0 Å². The van der Waals surface area contributed by atoms with E-state index in [9.17, 15) is 4.79 Å². The predicted molar refractivity (Wildman–Crippen MR) is 61.8 cm³/mol. The van der Waals surface area contributed by atoms with Crippen LogP contribution in [0.4, 0.5) is 4.79 Å². The van der Waals surface area contributed by atoms with Crippen LogP contribution >= 0.6 is 0 Å². The molecule has 96 valence electrons. The minimum atomic E-state index is -0.0679. The molecule has 3 rings (SSSR count). The van der Waals surface area contributed by atoms with Crippen LogP contribution in [0.15, 0.2) is 0 Å². The van der Waals surface area contributed by atoms with Crippen molar-refractivity contribution in [1.82, 2.24) is 10.6 Å². The number of carbonyl (C=O) groups is 1. The lowest BCUT2D eigenvalue weighted by Crippen LogP contribution is -2.49. The largest absolute Gasteiger partial charge is 0.379 e. The maximum absolute atomic E-state index is 11.8. The van der Waals surface area contributed by atoms with Crippen molar-refractivity contribution >= 4 is 6.03 Å². The second-order valence-corrected chi connectivity index (χ2v) is 5.25. The van der Waals surface area contributed by atoms with E-state index in [2.05, 4.69) is 10.6 Å². The first-order valence-corrected chi connectivity index (χ1v) is 6.59. The van der Waals surface area contributed by atoms with Gasteiger partial charge in [0.05, 0.1) is 24.8 Å². The maximum atomic E-state index is 11.8. The third-order valence-electron chi connectivity index (χ3n) is 3.80. The van der Waals surface area contributed by atoms with E-state index in [4.69, 9.17) is 9.47 Å². The van der Waals surface area contributed by atoms with Gasteiger partial charge in [-0.25, -0.2) is 4.79 Å². The minimum absolute atomic E-state index is 0.0679. The van der Waals surface area contributed by atoms with Crippen LogP contribution in [0, 0.1) is 5.92 Å². The number of ether oxygens (including phenoxy) is 2. The summed E-state index contributed by atoms with van der Waals surface area (Å²) in [5.41, 5.74) is 0. The van der Waals surface area contributed by atoms with Gasteiger partial charge in [0.15, 0.2) is 0 Å². The van der Waals surface area contributed by atoms with Gasteiger partial charge >= 0.3 is 6.03 Å². The maximum Gasteiger partial charge on any atom is 0.315 e. The zero-order valence-corrected chi connectivity index (χ0v) is 9.98. The number of hydrogen-bond donors (Lipinski definition) is 2. The van der Waals surface area contributed by atoms with E-state index in [0.29, 0.717) is 12.5 Å². The fourth-order valence-electron chi connectivity index (χ4n) is 2.70. The first kappa shape index (κ1) is 11.3. The van der Waals surface area contributed by atoms with Crippen molar-refractivity contribution in [3.8, 4) is 0 Å². The van der Waals surface area contributed by atoms with Crippen molar-refractivity contribution in [3.05, 3.63) is 0 Å². The monoisotopic (exact) mass is 240 g/mol. The Balaban J connectivity index is 1.46. The molecule has 0 spiro atoms. The highest BCUT2D eigenvalue weighted by molar-refractivity contribution is 5.74. The standard InChI is InChI=1S/C12H20N2O3/c15-12(13-9-3-5-16-7-9)14-10-4-6-17-11(10)8-1-2-8/h8-11H,1-7H2,(H2,13,14,15). The second-order valence-electron chi connectivity index (χ2n) is 5.25. The molecule has 0 aromatic carbocycles. The molecule has 5 heteroatoms. The van der Waals surface area contributed by atoms with Gasteiger partial charge in [0.25, 0.3) is 0 Å². The number of carbonyl (C=O) groups excluding carboxylic acids is 1. The third kappa shape index (κ3) is 2.72. The van der Waals surface area contributed by atoms with Crippen LogP contribution in [0.2, 0.25) is 0 Å². The van der Waals surface area contributed by atoms with Gasteiger partial charge in [-0.15, -0.1) is 0 Å². The van der Waals surface area contributed by atoms with Crippen molar-refractivity contribution in [3.63, 3.8) is 0 Å². The van der Waals surface area contributed by atoms with E-state index >= 15 is 0 Å². The summed E-state index contributed by atoms with van der Waals surface area (Å²) in [6.45, 7) is 2.17. The zero-order chi connectivity index (χ0) is 11.7. The van der Waals surface area contributed by atoms with E-state index in [1.54, 1.807) is 0 Å². The lowest BCUT2D eigenvalue weighted by Gasteiger charge is -2.21. The summed E-state index contributed by atoms with van der Waals surface area (Å²) in [6.07, 6.45) is 4.61. The van der Waals surface area contributed by atoms with Crippen LogP contribution < -0.4 is 10.6 Å². The van der Waals surface area contributed by atoms with Gasteiger partial charge in [-0.1, -0.05) is 0 Å². The molecule has 2 heterocycles. The molecular weight excluding hydrogens is 220 g/mol. The van der Waals surface area contributed by atoms with E-state index in [1.807, 2.05) is 0 Å². The highest BCUT2D eigenvalue weighted by Crippen LogP contribution is 2.38. The lowest BCUT2D eigenvalue weighted by molar-refractivity contribution is 0.0823. The molecule has 2 N–H and O–H groups in total. The van der Waals surface area contributed by atoms with Gasteiger partial charge in [0.2, 0.25) is 0 Å². The van der Waals surface area contributed by atoms with E-state index in [-0.39, 0.29) is 24.2 Å². The van der Waals surface area contributed by atoms with Crippen molar-refractivity contribution in [2.24, 2.45) is 5.92 Å². The molecule has 2 saturated heterocycles. The van der Waals surface area contributed by atoms with E-state index in [1.165, 1.54) is 12.8 Å². The van der Waals surface area contributed by atoms with Gasteiger partial charge in [0, 0.05) is 13.2 Å². The molecule has 5 nitrogen and oxygen atoms in total. The molecule has 3 fully saturated rings. The molecule has 17 heavy (non-hydrogen) atoms. The molecule has 0 aromatic heterocycles. The summed E-state index contributed by atoms with van der Waals surface area (Å²) in [7, 11) is 0. The Kier molecular flexibility index (Phi) is 3.20. The van der Waals surface area contributed by atoms with Crippen molar-refractivity contribution in [2.45, 2.75) is 43.9 Å². The Morgan fingerprint density at radius 1 is 1.06 bits per heavy atom. The van der Waals surface area contributed by atoms with E-state index in [0.717, 1.165) is 26.1 Å². The third-order valence-corrected chi connectivity index (χ3v) is 3.80. The Labute approximate surface area is 101 Å². The number of nitrogens with one attached hydrogen (secondary N) is 2.